The third kappa shape index (κ3) is 3.68. The number of halogens is 1. The van der Waals surface area contributed by atoms with E-state index in [4.69, 9.17) is 5.11 Å². The summed E-state index contributed by atoms with van der Waals surface area (Å²) in [4.78, 5) is 24.8. The molecule has 1 saturated heterocycles. The van der Waals surface area contributed by atoms with Gasteiger partial charge in [0.2, 0.25) is 5.91 Å². The van der Waals surface area contributed by atoms with E-state index >= 15 is 0 Å². The standard InChI is InChI=1S/C14H16INO3/c15-12-6-2-1-4-10(12)8-13(17)16-7-3-5-11(16)9-14(18)19/h1-2,4,6,11H,3,5,7-9H2,(H,18,19). The molecule has 1 N–H and O–H groups in total. The predicted molar refractivity (Wildman–Crippen MR) is 79.9 cm³/mol. The molecular formula is C14H16INO3. The minimum absolute atomic E-state index is 0.0351. The van der Waals surface area contributed by atoms with Gasteiger partial charge in [0, 0.05) is 16.2 Å². The number of carboxylic acid groups (broad SMARTS) is 1. The largest absolute Gasteiger partial charge is 0.481 e. The highest BCUT2D eigenvalue weighted by atomic mass is 127. The molecule has 1 aromatic rings. The normalized spacial score (nSPS) is 18.6. The van der Waals surface area contributed by atoms with E-state index in [-0.39, 0.29) is 18.4 Å². The van der Waals surface area contributed by atoms with Gasteiger partial charge >= 0.3 is 5.97 Å². The van der Waals surface area contributed by atoms with Crippen molar-refractivity contribution in [1.82, 2.24) is 4.90 Å². The molecule has 0 aliphatic carbocycles. The molecule has 1 unspecified atom stereocenters. The highest BCUT2D eigenvalue weighted by Crippen LogP contribution is 2.22. The number of carboxylic acids is 1. The van der Waals surface area contributed by atoms with Crippen molar-refractivity contribution in [2.45, 2.75) is 31.7 Å². The summed E-state index contributed by atoms with van der Waals surface area (Å²) in [6, 6.07) is 7.65. The van der Waals surface area contributed by atoms with Crippen LogP contribution in [0.2, 0.25) is 0 Å². The van der Waals surface area contributed by atoms with Crippen molar-refractivity contribution < 1.29 is 14.7 Å². The van der Waals surface area contributed by atoms with Gasteiger partial charge in [0.25, 0.3) is 0 Å². The minimum atomic E-state index is -0.834. The Labute approximate surface area is 125 Å². The van der Waals surface area contributed by atoms with Crippen LogP contribution in [0.3, 0.4) is 0 Å². The zero-order chi connectivity index (χ0) is 13.8. The van der Waals surface area contributed by atoms with E-state index < -0.39 is 5.97 Å². The number of benzene rings is 1. The molecule has 1 aliphatic rings. The lowest BCUT2D eigenvalue weighted by atomic mass is 10.1. The monoisotopic (exact) mass is 373 g/mol. The Bertz CT molecular complexity index is 489. The molecular weight excluding hydrogens is 357 g/mol. The molecule has 1 amide bonds. The number of likely N-dealkylation sites (tertiary alicyclic amines) is 1. The number of hydrogen-bond donors (Lipinski definition) is 1. The first-order valence-corrected chi connectivity index (χ1v) is 7.40. The number of aliphatic carboxylic acids is 1. The van der Waals surface area contributed by atoms with Crippen LogP contribution in [0.15, 0.2) is 24.3 Å². The Morgan fingerprint density at radius 1 is 1.37 bits per heavy atom. The van der Waals surface area contributed by atoms with Gasteiger partial charge < -0.3 is 10.0 Å². The van der Waals surface area contributed by atoms with Crippen LogP contribution in [0, 0.1) is 3.57 Å². The van der Waals surface area contributed by atoms with Gasteiger partial charge in [-0.05, 0) is 47.1 Å². The molecule has 1 atom stereocenters. The van der Waals surface area contributed by atoms with Crippen LogP contribution in [-0.2, 0) is 16.0 Å². The summed E-state index contributed by atoms with van der Waals surface area (Å²) in [5, 5.41) is 8.87. The van der Waals surface area contributed by atoms with Crippen LogP contribution in [0.4, 0.5) is 0 Å². The number of hydrogen-bond acceptors (Lipinski definition) is 2. The number of carbonyl (C=O) groups is 2. The smallest absolute Gasteiger partial charge is 0.305 e. The van der Waals surface area contributed by atoms with Gasteiger partial charge in [-0.3, -0.25) is 9.59 Å². The van der Waals surface area contributed by atoms with Crippen LogP contribution in [0.5, 0.6) is 0 Å². The van der Waals surface area contributed by atoms with E-state index in [1.165, 1.54) is 0 Å². The molecule has 4 nitrogen and oxygen atoms in total. The number of nitrogens with zero attached hydrogens (tertiary/aromatic N) is 1. The summed E-state index contributed by atoms with van der Waals surface area (Å²) in [6.07, 6.45) is 2.10. The number of amides is 1. The molecule has 19 heavy (non-hydrogen) atoms. The van der Waals surface area contributed by atoms with Crippen molar-refractivity contribution in [3.8, 4) is 0 Å². The summed E-state index contributed by atoms with van der Waals surface area (Å²) >= 11 is 2.22. The summed E-state index contributed by atoms with van der Waals surface area (Å²) in [5.41, 5.74) is 1.01. The predicted octanol–water partition coefficient (Wildman–Crippen LogP) is 2.30. The van der Waals surface area contributed by atoms with Crippen molar-refractivity contribution in [2.75, 3.05) is 6.54 Å². The fraction of sp³-hybridized carbons (Fsp3) is 0.429. The number of carbonyl (C=O) groups excluding carboxylic acids is 1. The van der Waals surface area contributed by atoms with Gasteiger partial charge in [-0.2, -0.15) is 0 Å². The fourth-order valence-corrected chi connectivity index (χ4v) is 3.06. The van der Waals surface area contributed by atoms with Crippen molar-refractivity contribution >= 4 is 34.5 Å². The second-order valence-corrected chi connectivity index (χ2v) is 5.91. The summed E-state index contributed by atoms with van der Waals surface area (Å²) in [5.74, 6) is -0.799. The zero-order valence-corrected chi connectivity index (χ0v) is 12.7. The fourth-order valence-electron chi connectivity index (χ4n) is 2.48. The van der Waals surface area contributed by atoms with Crippen LogP contribution < -0.4 is 0 Å². The summed E-state index contributed by atoms with van der Waals surface area (Å²) in [6.45, 7) is 0.681. The maximum absolute atomic E-state index is 12.3. The van der Waals surface area contributed by atoms with E-state index in [1.54, 1.807) is 4.90 Å². The van der Waals surface area contributed by atoms with Gasteiger partial charge in [-0.25, -0.2) is 0 Å². The second-order valence-electron chi connectivity index (χ2n) is 4.75. The van der Waals surface area contributed by atoms with Crippen LogP contribution >= 0.6 is 22.6 Å². The first kappa shape index (κ1) is 14.3. The molecule has 1 fully saturated rings. The molecule has 0 bridgehead atoms. The quantitative estimate of drug-likeness (QED) is 0.825. The molecule has 1 aliphatic heterocycles. The Kier molecular flexibility index (Phi) is 4.79. The highest BCUT2D eigenvalue weighted by molar-refractivity contribution is 14.1. The van der Waals surface area contributed by atoms with E-state index in [9.17, 15) is 9.59 Å². The first-order chi connectivity index (χ1) is 9.08. The zero-order valence-electron chi connectivity index (χ0n) is 10.5. The summed E-state index contributed by atoms with van der Waals surface area (Å²) < 4.78 is 1.07. The SMILES string of the molecule is O=C(O)CC1CCCN1C(=O)Cc1ccccc1I. The second kappa shape index (κ2) is 6.36. The molecule has 2 rings (SSSR count). The van der Waals surface area contributed by atoms with Crippen molar-refractivity contribution in [1.29, 1.82) is 0 Å². The molecule has 0 saturated carbocycles. The van der Waals surface area contributed by atoms with Gasteiger partial charge in [-0.15, -0.1) is 0 Å². The Morgan fingerprint density at radius 3 is 2.79 bits per heavy atom. The lowest BCUT2D eigenvalue weighted by Crippen LogP contribution is -2.37. The number of rotatable bonds is 4. The van der Waals surface area contributed by atoms with Gasteiger partial charge in [0.05, 0.1) is 12.8 Å². The van der Waals surface area contributed by atoms with Gasteiger partial charge in [0.15, 0.2) is 0 Å². The topological polar surface area (TPSA) is 57.6 Å². The van der Waals surface area contributed by atoms with Gasteiger partial charge in [0.1, 0.15) is 0 Å². The van der Waals surface area contributed by atoms with E-state index in [1.807, 2.05) is 24.3 Å². The third-order valence-corrected chi connectivity index (χ3v) is 4.46. The average molecular weight is 373 g/mol. The molecule has 0 aromatic heterocycles. The molecule has 1 aromatic carbocycles. The average Bonchev–Trinajstić information content (AvgIpc) is 2.79. The molecule has 0 radical (unpaired) electrons. The van der Waals surface area contributed by atoms with Crippen LogP contribution in [0.25, 0.3) is 0 Å². The van der Waals surface area contributed by atoms with Gasteiger partial charge in [-0.1, -0.05) is 18.2 Å². The molecule has 0 spiro atoms. The Balaban J connectivity index is 2.03. The Hall–Kier alpha value is -1.11. The third-order valence-electron chi connectivity index (χ3n) is 3.41. The lowest BCUT2D eigenvalue weighted by Gasteiger charge is -2.23. The first-order valence-electron chi connectivity index (χ1n) is 6.32. The van der Waals surface area contributed by atoms with Crippen LogP contribution in [0.1, 0.15) is 24.8 Å². The van der Waals surface area contributed by atoms with Crippen molar-refractivity contribution in [2.24, 2.45) is 0 Å². The molecule has 1 heterocycles. The minimum Gasteiger partial charge on any atom is -0.481 e. The maximum Gasteiger partial charge on any atom is 0.305 e. The molecule has 5 heteroatoms. The van der Waals surface area contributed by atoms with E-state index in [2.05, 4.69) is 22.6 Å². The van der Waals surface area contributed by atoms with Crippen molar-refractivity contribution in [3.05, 3.63) is 33.4 Å². The Morgan fingerprint density at radius 2 is 2.11 bits per heavy atom. The summed E-state index contributed by atoms with van der Waals surface area (Å²) in [7, 11) is 0. The molecule has 102 valence electrons. The van der Waals surface area contributed by atoms with E-state index in [0.717, 1.165) is 22.0 Å². The highest BCUT2D eigenvalue weighted by Gasteiger charge is 2.30. The maximum atomic E-state index is 12.3. The lowest BCUT2D eigenvalue weighted by molar-refractivity contribution is -0.139. The van der Waals surface area contributed by atoms with Crippen molar-refractivity contribution in [3.63, 3.8) is 0 Å². The van der Waals surface area contributed by atoms with Crippen LogP contribution in [-0.4, -0.2) is 34.5 Å². The van der Waals surface area contributed by atoms with E-state index in [0.29, 0.717) is 13.0 Å².